The van der Waals surface area contributed by atoms with Gasteiger partial charge in [0.05, 0.1) is 10.7 Å². The summed E-state index contributed by atoms with van der Waals surface area (Å²) in [6, 6.07) is 4.36. The van der Waals surface area contributed by atoms with Gasteiger partial charge in [0, 0.05) is 18.2 Å². The van der Waals surface area contributed by atoms with Crippen LogP contribution in [-0.4, -0.2) is 19.3 Å². The van der Waals surface area contributed by atoms with Crippen molar-refractivity contribution in [3.05, 3.63) is 17.2 Å². The molecule has 2 aliphatic rings. The maximum absolute atomic E-state index is 6.34. The van der Waals surface area contributed by atoms with Gasteiger partial charge in [-0.2, -0.15) is 0 Å². The molecule has 1 fully saturated rings. The second-order valence-electron chi connectivity index (χ2n) is 5.75. The largest absolute Gasteiger partial charge is 0.486 e. The van der Waals surface area contributed by atoms with Gasteiger partial charge in [-0.3, -0.25) is 0 Å². The Labute approximate surface area is 125 Å². The van der Waals surface area contributed by atoms with E-state index < -0.39 is 0 Å². The zero-order valence-corrected chi connectivity index (χ0v) is 12.7. The summed E-state index contributed by atoms with van der Waals surface area (Å²) in [5.41, 5.74) is 0.968. The van der Waals surface area contributed by atoms with Crippen LogP contribution in [-0.2, 0) is 0 Å². The van der Waals surface area contributed by atoms with Crippen molar-refractivity contribution in [2.75, 3.05) is 18.5 Å². The van der Waals surface area contributed by atoms with Crippen molar-refractivity contribution in [2.45, 2.75) is 45.1 Å². The van der Waals surface area contributed by atoms with E-state index in [4.69, 9.17) is 21.1 Å². The number of nitrogens with one attached hydrogen (secondary N) is 1. The van der Waals surface area contributed by atoms with Gasteiger partial charge in [0.25, 0.3) is 0 Å². The highest BCUT2D eigenvalue weighted by atomic mass is 35.5. The minimum Gasteiger partial charge on any atom is -0.486 e. The van der Waals surface area contributed by atoms with E-state index in [0.717, 1.165) is 23.1 Å². The molecule has 1 heterocycles. The lowest BCUT2D eigenvalue weighted by molar-refractivity contribution is 0.171. The molecule has 3 nitrogen and oxygen atoms in total. The molecule has 0 amide bonds. The minimum absolute atomic E-state index is 0.526. The van der Waals surface area contributed by atoms with Crippen molar-refractivity contribution < 1.29 is 9.47 Å². The summed E-state index contributed by atoms with van der Waals surface area (Å²) >= 11 is 6.34. The van der Waals surface area contributed by atoms with E-state index in [1.165, 1.54) is 32.1 Å². The Hall–Kier alpha value is -1.09. The average Bonchev–Trinajstić information content (AvgIpc) is 2.49. The number of halogens is 1. The van der Waals surface area contributed by atoms with Gasteiger partial charge < -0.3 is 14.8 Å². The molecule has 0 bridgehead atoms. The molecule has 0 spiro atoms. The lowest BCUT2D eigenvalue weighted by Gasteiger charge is -2.30. The van der Waals surface area contributed by atoms with Gasteiger partial charge in [0.15, 0.2) is 11.5 Å². The number of rotatable bonds is 3. The summed E-state index contributed by atoms with van der Waals surface area (Å²) in [6.45, 7) is 3.49. The molecule has 1 N–H and O–H groups in total. The van der Waals surface area contributed by atoms with Crippen molar-refractivity contribution in [3.8, 4) is 11.5 Å². The molecule has 1 aromatic rings. The molecule has 0 unspecified atom stereocenters. The van der Waals surface area contributed by atoms with E-state index >= 15 is 0 Å². The third-order valence-corrected chi connectivity index (χ3v) is 4.73. The number of fused-ring (bicyclic) bond motifs is 1. The maximum atomic E-state index is 6.34. The molecule has 20 heavy (non-hydrogen) atoms. The number of hydrogen-bond acceptors (Lipinski definition) is 3. The van der Waals surface area contributed by atoms with Gasteiger partial charge in [-0.25, -0.2) is 0 Å². The lowest BCUT2D eigenvalue weighted by Crippen LogP contribution is -2.26. The molecule has 1 aliphatic carbocycles. The predicted molar refractivity (Wildman–Crippen MR) is 82.1 cm³/mol. The Bertz CT molecular complexity index is 470. The van der Waals surface area contributed by atoms with Crippen LogP contribution in [0.25, 0.3) is 0 Å². The Balaban J connectivity index is 1.68. The van der Waals surface area contributed by atoms with Crippen molar-refractivity contribution in [2.24, 2.45) is 5.92 Å². The molecule has 0 aromatic heterocycles. The second-order valence-corrected chi connectivity index (χ2v) is 6.15. The smallest absolute Gasteiger partial charge is 0.163 e. The number of hydrogen-bond donors (Lipinski definition) is 1. The normalized spacial score (nSPS) is 25.3. The summed E-state index contributed by atoms with van der Waals surface area (Å²) in [6.07, 6.45) is 6.39. The SMILES string of the molecule is CCC1CCC(Nc2cc3c(cc2Cl)OCCO3)CC1. The highest BCUT2D eigenvalue weighted by molar-refractivity contribution is 6.33. The molecule has 3 rings (SSSR count). The van der Waals surface area contributed by atoms with Gasteiger partial charge in [-0.1, -0.05) is 24.9 Å². The maximum Gasteiger partial charge on any atom is 0.163 e. The van der Waals surface area contributed by atoms with E-state index in [9.17, 15) is 0 Å². The highest BCUT2D eigenvalue weighted by Gasteiger charge is 2.22. The predicted octanol–water partition coefficient (Wildman–Crippen LogP) is 4.49. The molecule has 1 saturated carbocycles. The van der Waals surface area contributed by atoms with Crippen LogP contribution in [0.4, 0.5) is 5.69 Å². The monoisotopic (exact) mass is 295 g/mol. The van der Waals surface area contributed by atoms with E-state index in [2.05, 4.69) is 12.2 Å². The van der Waals surface area contributed by atoms with Crippen molar-refractivity contribution in [1.82, 2.24) is 0 Å². The van der Waals surface area contributed by atoms with E-state index in [-0.39, 0.29) is 0 Å². The summed E-state index contributed by atoms with van der Waals surface area (Å²) in [5.74, 6) is 2.45. The van der Waals surface area contributed by atoms with Gasteiger partial charge in [0.1, 0.15) is 13.2 Å². The first-order chi connectivity index (χ1) is 9.76. The number of ether oxygens (including phenoxy) is 2. The van der Waals surface area contributed by atoms with Crippen molar-refractivity contribution in [1.29, 1.82) is 0 Å². The average molecular weight is 296 g/mol. The summed E-state index contributed by atoms with van der Waals surface area (Å²) < 4.78 is 11.2. The Morgan fingerprint density at radius 2 is 1.75 bits per heavy atom. The Kier molecular flexibility index (Phi) is 4.25. The molecule has 0 saturated heterocycles. The summed E-state index contributed by atoms with van der Waals surface area (Å²) in [4.78, 5) is 0. The quantitative estimate of drug-likeness (QED) is 0.891. The van der Waals surface area contributed by atoms with Crippen LogP contribution in [0.2, 0.25) is 5.02 Å². The molecule has 1 aromatic carbocycles. The van der Waals surface area contributed by atoms with Crippen molar-refractivity contribution >= 4 is 17.3 Å². The zero-order chi connectivity index (χ0) is 13.9. The number of anilines is 1. The Morgan fingerprint density at radius 3 is 2.40 bits per heavy atom. The lowest BCUT2D eigenvalue weighted by atomic mass is 9.84. The first-order valence-electron chi connectivity index (χ1n) is 7.62. The fourth-order valence-electron chi connectivity index (χ4n) is 3.11. The summed E-state index contributed by atoms with van der Waals surface area (Å²) in [5, 5.41) is 4.29. The Morgan fingerprint density at radius 1 is 1.10 bits per heavy atom. The fourth-order valence-corrected chi connectivity index (χ4v) is 3.32. The third kappa shape index (κ3) is 2.98. The van der Waals surface area contributed by atoms with Crippen LogP contribution in [0.1, 0.15) is 39.0 Å². The third-order valence-electron chi connectivity index (χ3n) is 4.42. The first-order valence-corrected chi connectivity index (χ1v) is 7.99. The van der Waals surface area contributed by atoms with Crippen LogP contribution in [0.3, 0.4) is 0 Å². The summed E-state index contributed by atoms with van der Waals surface area (Å²) in [7, 11) is 0. The number of benzene rings is 1. The molecular formula is C16H22ClNO2. The van der Waals surface area contributed by atoms with Crippen LogP contribution >= 0.6 is 11.6 Å². The van der Waals surface area contributed by atoms with Gasteiger partial charge >= 0.3 is 0 Å². The molecule has 0 radical (unpaired) electrons. The zero-order valence-electron chi connectivity index (χ0n) is 12.0. The standard InChI is InChI=1S/C16H22ClNO2/c1-2-11-3-5-12(6-4-11)18-14-10-16-15(9-13(14)17)19-7-8-20-16/h9-12,18H,2-8H2,1H3. The van der Waals surface area contributed by atoms with Crippen LogP contribution < -0.4 is 14.8 Å². The molecule has 110 valence electrons. The van der Waals surface area contributed by atoms with Gasteiger partial charge in [-0.15, -0.1) is 0 Å². The van der Waals surface area contributed by atoms with E-state index in [0.29, 0.717) is 24.3 Å². The molecule has 0 atom stereocenters. The second kappa shape index (κ2) is 6.13. The van der Waals surface area contributed by atoms with Crippen LogP contribution in [0.15, 0.2) is 12.1 Å². The molecule has 1 aliphatic heterocycles. The van der Waals surface area contributed by atoms with Crippen LogP contribution in [0.5, 0.6) is 11.5 Å². The van der Waals surface area contributed by atoms with Gasteiger partial charge in [-0.05, 0) is 31.6 Å². The van der Waals surface area contributed by atoms with Crippen molar-refractivity contribution in [3.63, 3.8) is 0 Å². The molecular weight excluding hydrogens is 274 g/mol. The minimum atomic E-state index is 0.526. The van der Waals surface area contributed by atoms with Crippen LogP contribution in [0, 0.1) is 5.92 Å². The fraction of sp³-hybridized carbons (Fsp3) is 0.625. The van der Waals surface area contributed by atoms with Gasteiger partial charge in [0.2, 0.25) is 0 Å². The first kappa shape index (κ1) is 13.9. The topological polar surface area (TPSA) is 30.5 Å². The molecule has 4 heteroatoms. The van der Waals surface area contributed by atoms with E-state index in [1.807, 2.05) is 12.1 Å². The van der Waals surface area contributed by atoms with E-state index in [1.54, 1.807) is 0 Å². The highest BCUT2D eigenvalue weighted by Crippen LogP contribution is 2.39.